The summed E-state index contributed by atoms with van der Waals surface area (Å²) < 4.78 is 5.30. The number of amides is 1. The van der Waals surface area contributed by atoms with Crippen LogP contribution in [0, 0.1) is 0 Å². The van der Waals surface area contributed by atoms with Gasteiger partial charge in [0.15, 0.2) is 0 Å². The Morgan fingerprint density at radius 1 is 1.38 bits per heavy atom. The molecule has 0 spiro atoms. The lowest BCUT2D eigenvalue weighted by Crippen LogP contribution is -2.51. The van der Waals surface area contributed by atoms with Crippen molar-refractivity contribution in [3.8, 4) is 0 Å². The molecule has 1 aliphatic rings. The predicted molar refractivity (Wildman–Crippen MR) is 99.6 cm³/mol. The second kappa shape index (κ2) is 7.30. The molecule has 1 fully saturated rings. The van der Waals surface area contributed by atoms with Gasteiger partial charge in [0.2, 0.25) is 0 Å². The van der Waals surface area contributed by atoms with Crippen LogP contribution in [0.4, 0.5) is 21.9 Å². The summed E-state index contributed by atoms with van der Waals surface area (Å²) in [7, 11) is 0. The Morgan fingerprint density at radius 3 is 2.67 bits per heavy atom. The molecule has 0 aliphatic carbocycles. The van der Waals surface area contributed by atoms with E-state index in [1.807, 2.05) is 32.9 Å². The van der Waals surface area contributed by atoms with Crippen molar-refractivity contribution >= 4 is 23.2 Å². The van der Waals surface area contributed by atoms with Gasteiger partial charge < -0.3 is 15.4 Å². The number of rotatable bonds is 3. The molecule has 1 aliphatic heterocycles. The summed E-state index contributed by atoms with van der Waals surface area (Å²) >= 11 is 0. The van der Waals surface area contributed by atoms with Crippen LogP contribution in [0.2, 0.25) is 0 Å². The van der Waals surface area contributed by atoms with Gasteiger partial charge in [-0.25, -0.2) is 4.79 Å². The molecule has 1 amide bonds. The average molecular weight is 334 g/mol. The average Bonchev–Trinajstić information content (AvgIpc) is 2.47. The molecule has 1 aromatic carbocycles. The van der Waals surface area contributed by atoms with Crippen molar-refractivity contribution < 1.29 is 9.53 Å². The van der Waals surface area contributed by atoms with Crippen molar-refractivity contribution in [3.05, 3.63) is 18.2 Å². The van der Waals surface area contributed by atoms with E-state index in [-0.39, 0.29) is 0 Å². The van der Waals surface area contributed by atoms with Gasteiger partial charge in [-0.05, 0) is 52.4 Å². The molecular formula is C18H30N4O2. The SMILES string of the molecule is CCN1CCN(c2cc(NC(=O)OC(C)(C)C)ccc2N)CC1C. The smallest absolute Gasteiger partial charge is 0.412 e. The molecule has 0 bridgehead atoms. The number of likely N-dealkylation sites (N-methyl/N-ethyl adjacent to an activating group) is 1. The standard InChI is InChI=1S/C18H30N4O2/c1-6-21-9-10-22(12-13(21)2)16-11-14(7-8-15(16)19)20-17(23)24-18(3,4)5/h7-8,11,13H,6,9-10,12,19H2,1-5H3,(H,20,23). The summed E-state index contributed by atoms with van der Waals surface area (Å²) in [5, 5.41) is 2.78. The van der Waals surface area contributed by atoms with Crippen LogP contribution < -0.4 is 16.0 Å². The van der Waals surface area contributed by atoms with Gasteiger partial charge in [-0.2, -0.15) is 0 Å². The maximum Gasteiger partial charge on any atom is 0.412 e. The molecule has 0 aromatic heterocycles. The molecule has 6 heteroatoms. The fraction of sp³-hybridized carbons (Fsp3) is 0.611. The van der Waals surface area contributed by atoms with Gasteiger partial charge in [0, 0.05) is 31.4 Å². The number of carbonyl (C=O) groups excluding carboxylic acids is 1. The number of nitrogens with two attached hydrogens (primary N) is 1. The van der Waals surface area contributed by atoms with E-state index in [9.17, 15) is 4.79 Å². The molecule has 1 unspecified atom stereocenters. The van der Waals surface area contributed by atoms with Crippen molar-refractivity contribution in [3.63, 3.8) is 0 Å². The van der Waals surface area contributed by atoms with Crippen molar-refractivity contribution in [1.82, 2.24) is 4.90 Å². The monoisotopic (exact) mass is 334 g/mol. The van der Waals surface area contributed by atoms with Gasteiger partial charge in [0.1, 0.15) is 5.60 Å². The maximum absolute atomic E-state index is 11.9. The molecule has 24 heavy (non-hydrogen) atoms. The zero-order valence-electron chi connectivity index (χ0n) is 15.4. The van der Waals surface area contributed by atoms with Gasteiger partial charge in [-0.3, -0.25) is 10.2 Å². The summed E-state index contributed by atoms with van der Waals surface area (Å²) in [5.41, 5.74) is 8.03. The fourth-order valence-electron chi connectivity index (χ4n) is 3.00. The van der Waals surface area contributed by atoms with Crippen molar-refractivity contribution in [2.24, 2.45) is 0 Å². The van der Waals surface area contributed by atoms with Crippen molar-refractivity contribution in [2.75, 3.05) is 42.1 Å². The first-order valence-corrected chi connectivity index (χ1v) is 8.58. The Hall–Kier alpha value is -1.95. The van der Waals surface area contributed by atoms with Crippen molar-refractivity contribution in [1.29, 1.82) is 0 Å². The van der Waals surface area contributed by atoms with E-state index in [4.69, 9.17) is 10.5 Å². The Bertz CT molecular complexity index is 583. The molecule has 6 nitrogen and oxygen atoms in total. The quantitative estimate of drug-likeness (QED) is 0.831. The number of carbonyl (C=O) groups is 1. The van der Waals surface area contributed by atoms with E-state index in [1.165, 1.54) is 0 Å². The molecule has 3 N–H and O–H groups in total. The van der Waals surface area contributed by atoms with E-state index >= 15 is 0 Å². The number of hydrogen-bond acceptors (Lipinski definition) is 5. The first kappa shape index (κ1) is 18.4. The third-order valence-electron chi connectivity index (χ3n) is 4.19. The zero-order valence-corrected chi connectivity index (χ0v) is 15.4. The van der Waals surface area contributed by atoms with Gasteiger partial charge >= 0.3 is 6.09 Å². The normalized spacial score (nSPS) is 19.2. The number of ether oxygens (including phenoxy) is 1. The number of nitrogens with zero attached hydrogens (tertiary/aromatic N) is 2. The van der Waals surface area contributed by atoms with Crippen LogP contribution >= 0.6 is 0 Å². The maximum atomic E-state index is 11.9. The van der Waals surface area contributed by atoms with Gasteiger partial charge in [0.25, 0.3) is 0 Å². The third kappa shape index (κ3) is 4.77. The second-order valence-electron chi connectivity index (χ2n) is 7.32. The highest BCUT2D eigenvalue weighted by molar-refractivity contribution is 5.87. The lowest BCUT2D eigenvalue weighted by molar-refractivity contribution is 0.0636. The van der Waals surface area contributed by atoms with E-state index in [0.29, 0.717) is 11.7 Å². The minimum atomic E-state index is -0.521. The molecule has 1 heterocycles. The number of hydrogen-bond donors (Lipinski definition) is 2. The summed E-state index contributed by atoms with van der Waals surface area (Å²) in [4.78, 5) is 16.7. The van der Waals surface area contributed by atoms with Crippen LogP contribution in [0.1, 0.15) is 34.6 Å². The number of benzene rings is 1. The molecule has 134 valence electrons. The number of anilines is 3. The summed E-state index contributed by atoms with van der Waals surface area (Å²) in [6.07, 6.45) is -0.456. The lowest BCUT2D eigenvalue weighted by Gasteiger charge is -2.41. The molecule has 2 rings (SSSR count). The number of piperazine rings is 1. The van der Waals surface area contributed by atoms with E-state index in [1.54, 1.807) is 6.07 Å². The minimum Gasteiger partial charge on any atom is -0.444 e. The summed E-state index contributed by atoms with van der Waals surface area (Å²) in [6, 6.07) is 6.03. The molecule has 1 atom stereocenters. The molecule has 1 saturated heterocycles. The van der Waals surface area contributed by atoms with Gasteiger partial charge in [-0.15, -0.1) is 0 Å². The largest absolute Gasteiger partial charge is 0.444 e. The van der Waals surface area contributed by atoms with E-state index in [2.05, 4.69) is 29.0 Å². The number of nitrogens with one attached hydrogen (secondary N) is 1. The highest BCUT2D eigenvalue weighted by Crippen LogP contribution is 2.29. The van der Waals surface area contributed by atoms with Crippen LogP contribution in [-0.4, -0.2) is 48.8 Å². The first-order chi connectivity index (χ1) is 11.2. The van der Waals surface area contributed by atoms with Gasteiger partial charge in [-0.1, -0.05) is 6.92 Å². The van der Waals surface area contributed by atoms with Crippen LogP contribution in [-0.2, 0) is 4.74 Å². The second-order valence-corrected chi connectivity index (χ2v) is 7.32. The highest BCUT2D eigenvalue weighted by atomic mass is 16.6. The Balaban J connectivity index is 2.10. The Labute approximate surface area is 144 Å². The van der Waals surface area contributed by atoms with Gasteiger partial charge in [0.05, 0.1) is 11.4 Å². The van der Waals surface area contributed by atoms with Crippen LogP contribution in [0.5, 0.6) is 0 Å². The van der Waals surface area contributed by atoms with Crippen LogP contribution in [0.25, 0.3) is 0 Å². The topological polar surface area (TPSA) is 70.8 Å². The van der Waals surface area contributed by atoms with E-state index < -0.39 is 11.7 Å². The number of nitrogen functional groups attached to an aromatic ring is 1. The third-order valence-corrected chi connectivity index (χ3v) is 4.19. The zero-order chi connectivity index (χ0) is 17.9. The Kier molecular flexibility index (Phi) is 5.59. The molecule has 0 saturated carbocycles. The summed E-state index contributed by atoms with van der Waals surface area (Å²) in [5.74, 6) is 0. The van der Waals surface area contributed by atoms with Crippen LogP contribution in [0.15, 0.2) is 18.2 Å². The fourth-order valence-corrected chi connectivity index (χ4v) is 3.00. The minimum absolute atomic E-state index is 0.456. The van der Waals surface area contributed by atoms with Crippen LogP contribution in [0.3, 0.4) is 0 Å². The Morgan fingerprint density at radius 2 is 2.08 bits per heavy atom. The molecular weight excluding hydrogens is 304 g/mol. The lowest BCUT2D eigenvalue weighted by atomic mass is 10.1. The molecule has 0 radical (unpaired) electrons. The molecule has 1 aromatic rings. The van der Waals surface area contributed by atoms with E-state index in [0.717, 1.165) is 37.6 Å². The predicted octanol–water partition coefficient (Wildman–Crippen LogP) is 3.15. The first-order valence-electron chi connectivity index (χ1n) is 8.58. The summed E-state index contributed by atoms with van der Waals surface area (Å²) in [6.45, 7) is 13.9. The van der Waals surface area contributed by atoms with Crippen molar-refractivity contribution in [2.45, 2.75) is 46.3 Å². The highest BCUT2D eigenvalue weighted by Gasteiger charge is 2.24.